The van der Waals surface area contributed by atoms with Crippen LogP contribution in [0.5, 0.6) is 5.88 Å². The van der Waals surface area contributed by atoms with Crippen LogP contribution in [0.2, 0.25) is 0 Å². The average Bonchev–Trinajstić information content (AvgIpc) is 2.77. The van der Waals surface area contributed by atoms with Gasteiger partial charge in [-0.05, 0) is 30.5 Å². The summed E-state index contributed by atoms with van der Waals surface area (Å²) in [6.07, 6.45) is 1.11. The topological polar surface area (TPSA) is 25.4 Å². The van der Waals surface area contributed by atoms with Crippen molar-refractivity contribution in [1.29, 1.82) is 0 Å². The molecule has 2 heterocycles. The lowest BCUT2D eigenvalue weighted by Crippen LogP contribution is -2.30. The van der Waals surface area contributed by atoms with Crippen LogP contribution in [-0.2, 0) is 19.5 Å². The normalized spacial score (nSPS) is 17.8. The van der Waals surface area contributed by atoms with Crippen LogP contribution < -0.4 is 4.74 Å². The van der Waals surface area contributed by atoms with Crippen LogP contribution in [0.25, 0.3) is 10.9 Å². The second-order valence-electron chi connectivity index (χ2n) is 6.88. The Hall–Kier alpha value is -2.39. The largest absolute Gasteiger partial charge is 0.473 e. The minimum atomic E-state index is 0.128. The zero-order chi connectivity index (χ0) is 17.2. The highest BCUT2D eigenvalue weighted by Gasteiger charge is 2.22. The molecule has 0 N–H and O–H groups in total. The summed E-state index contributed by atoms with van der Waals surface area (Å²) in [6.45, 7) is 7.01. The Morgan fingerprint density at radius 3 is 2.76 bits per heavy atom. The van der Waals surface area contributed by atoms with Crippen molar-refractivity contribution in [3.8, 4) is 5.88 Å². The third kappa shape index (κ3) is 3.38. The van der Waals surface area contributed by atoms with Crippen LogP contribution in [0.15, 0.2) is 54.6 Å². The quantitative estimate of drug-likeness (QED) is 0.702. The average molecular weight is 332 g/mol. The summed E-state index contributed by atoms with van der Waals surface area (Å²) in [4.78, 5) is 7.34. The molecule has 0 fully saturated rings. The van der Waals surface area contributed by atoms with E-state index in [1.807, 2.05) is 0 Å². The lowest BCUT2D eigenvalue weighted by molar-refractivity contribution is 0.153. The van der Waals surface area contributed by atoms with Gasteiger partial charge in [-0.15, -0.1) is 0 Å². The summed E-state index contributed by atoms with van der Waals surface area (Å²) in [6, 6.07) is 19.3. The zero-order valence-electron chi connectivity index (χ0n) is 14.9. The number of hydrogen-bond acceptors (Lipinski definition) is 3. The zero-order valence-corrected chi connectivity index (χ0v) is 14.9. The van der Waals surface area contributed by atoms with Gasteiger partial charge in [0.05, 0.1) is 5.52 Å². The fourth-order valence-electron chi connectivity index (χ4n) is 3.65. The first-order valence-electron chi connectivity index (χ1n) is 9.07. The minimum absolute atomic E-state index is 0.128. The van der Waals surface area contributed by atoms with Crippen LogP contribution in [0.4, 0.5) is 0 Å². The maximum absolute atomic E-state index is 6.18. The van der Waals surface area contributed by atoms with E-state index in [1.54, 1.807) is 0 Å². The lowest BCUT2D eigenvalue weighted by Gasteiger charge is -2.21. The molecule has 0 amide bonds. The van der Waals surface area contributed by atoms with Gasteiger partial charge in [-0.1, -0.05) is 55.5 Å². The summed E-state index contributed by atoms with van der Waals surface area (Å²) in [7, 11) is 0. The molecule has 3 aromatic rings. The second-order valence-corrected chi connectivity index (χ2v) is 6.88. The van der Waals surface area contributed by atoms with Gasteiger partial charge in [0.15, 0.2) is 0 Å². The predicted octanol–water partition coefficient (Wildman–Crippen LogP) is 4.58. The van der Waals surface area contributed by atoms with E-state index < -0.39 is 0 Å². The molecule has 1 atom stereocenters. The number of aromatic nitrogens is 1. The summed E-state index contributed by atoms with van der Waals surface area (Å²) in [5, 5.41) is 1.20. The molecule has 0 saturated heterocycles. The highest BCUT2D eigenvalue weighted by molar-refractivity contribution is 5.83. The smallest absolute Gasteiger partial charge is 0.218 e. The van der Waals surface area contributed by atoms with Gasteiger partial charge in [0, 0.05) is 30.6 Å². The van der Waals surface area contributed by atoms with E-state index in [2.05, 4.69) is 73.3 Å². The maximum atomic E-state index is 6.18. The van der Waals surface area contributed by atoms with E-state index in [9.17, 15) is 0 Å². The van der Waals surface area contributed by atoms with Crippen molar-refractivity contribution in [1.82, 2.24) is 9.88 Å². The highest BCUT2D eigenvalue weighted by Crippen LogP contribution is 2.29. The van der Waals surface area contributed by atoms with Crippen molar-refractivity contribution >= 4 is 10.9 Å². The maximum Gasteiger partial charge on any atom is 0.218 e. The number of rotatable bonds is 3. The standard InChI is InChI=1S/C22H24N2O/c1-3-18-10-7-11-19-12-20-15-24(14-17-8-5-4-6-9-17)13-16(2)25-22(20)23-21(18)19/h4-12,16H,3,13-15H2,1-2H3/t16-/m1/s1. The summed E-state index contributed by atoms with van der Waals surface area (Å²) in [5.74, 6) is 0.802. The minimum Gasteiger partial charge on any atom is -0.473 e. The molecule has 0 radical (unpaired) electrons. The molecule has 0 unspecified atom stereocenters. The molecule has 1 aliphatic rings. The molecule has 1 aromatic heterocycles. The van der Waals surface area contributed by atoms with Crippen LogP contribution in [0.3, 0.4) is 0 Å². The van der Waals surface area contributed by atoms with Crippen molar-refractivity contribution in [3.05, 3.63) is 71.3 Å². The van der Waals surface area contributed by atoms with Crippen LogP contribution in [-0.4, -0.2) is 22.5 Å². The molecule has 0 spiro atoms. The molecule has 1 aliphatic heterocycles. The fraction of sp³-hybridized carbons (Fsp3) is 0.318. The number of nitrogens with zero attached hydrogens (tertiary/aromatic N) is 2. The molecular formula is C22H24N2O. The first-order chi connectivity index (χ1) is 12.2. The SMILES string of the molecule is CCc1cccc2cc3c(nc12)O[C@H](C)CN(Cc1ccccc1)C3. The third-order valence-electron chi connectivity index (χ3n) is 4.82. The van der Waals surface area contributed by atoms with Gasteiger partial charge in [0.1, 0.15) is 6.10 Å². The Bertz CT molecular complexity index is 876. The van der Waals surface area contributed by atoms with Crippen molar-refractivity contribution in [2.24, 2.45) is 0 Å². The van der Waals surface area contributed by atoms with E-state index in [0.29, 0.717) is 0 Å². The van der Waals surface area contributed by atoms with Gasteiger partial charge in [-0.25, -0.2) is 4.98 Å². The van der Waals surface area contributed by atoms with E-state index in [1.165, 1.54) is 22.1 Å². The van der Waals surface area contributed by atoms with E-state index in [-0.39, 0.29) is 6.10 Å². The first kappa shape index (κ1) is 16.1. The van der Waals surface area contributed by atoms with Gasteiger partial charge >= 0.3 is 0 Å². The van der Waals surface area contributed by atoms with E-state index >= 15 is 0 Å². The molecular weight excluding hydrogens is 308 g/mol. The molecule has 25 heavy (non-hydrogen) atoms. The van der Waals surface area contributed by atoms with Crippen molar-refractivity contribution in [3.63, 3.8) is 0 Å². The molecule has 128 valence electrons. The number of benzene rings is 2. The molecule has 0 saturated carbocycles. The number of ether oxygens (including phenoxy) is 1. The van der Waals surface area contributed by atoms with Crippen molar-refractivity contribution in [2.45, 2.75) is 39.5 Å². The highest BCUT2D eigenvalue weighted by atomic mass is 16.5. The Balaban J connectivity index is 1.70. The van der Waals surface area contributed by atoms with E-state index in [4.69, 9.17) is 9.72 Å². The number of aryl methyl sites for hydroxylation is 1. The van der Waals surface area contributed by atoms with Gasteiger partial charge in [0.2, 0.25) is 5.88 Å². The molecule has 3 nitrogen and oxygen atoms in total. The first-order valence-corrected chi connectivity index (χ1v) is 9.07. The second kappa shape index (κ2) is 6.85. The van der Waals surface area contributed by atoms with Gasteiger partial charge in [-0.3, -0.25) is 4.90 Å². The Morgan fingerprint density at radius 2 is 1.96 bits per heavy atom. The summed E-state index contributed by atoms with van der Waals surface area (Å²) in [5.41, 5.74) is 4.87. The van der Waals surface area contributed by atoms with Gasteiger partial charge < -0.3 is 4.74 Å². The number of hydrogen-bond donors (Lipinski definition) is 0. The van der Waals surface area contributed by atoms with Crippen LogP contribution >= 0.6 is 0 Å². The monoisotopic (exact) mass is 332 g/mol. The Labute approximate surface area is 149 Å². The number of para-hydroxylation sites is 1. The third-order valence-corrected chi connectivity index (χ3v) is 4.82. The Kier molecular flexibility index (Phi) is 4.41. The fourth-order valence-corrected chi connectivity index (χ4v) is 3.65. The molecule has 0 aliphatic carbocycles. The van der Waals surface area contributed by atoms with Gasteiger partial charge in [0.25, 0.3) is 0 Å². The Morgan fingerprint density at radius 1 is 1.12 bits per heavy atom. The van der Waals surface area contributed by atoms with Crippen LogP contribution in [0, 0.1) is 0 Å². The molecule has 4 rings (SSSR count). The molecule has 0 bridgehead atoms. The number of fused-ring (bicyclic) bond motifs is 2. The summed E-state index contributed by atoms with van der Waals surface area (Å²) < 4.78 is 6.18. The predicted molar refractivity (Wildman–Crippen MR) is 102 cm³/mol. The van der Waals surface area contributed by atoms with Gasteiger partial charge in [-0.2, -0.15) is 0 Å². The van der Waals surface area contributed by atoms with E-state index in [0.717, 1.165) is 37.5 Å². The lowest BCUT2D eigenvalue weighted by atomic mass is 10.1. The van der Waals surface area contributed by atoms with Crippen molar-refractivity contribution < 1.29 is 4.74 Å². The molecule has 2 aromatic carbocycles. The number of pyridine rings is 1. The summed E-state index contributed by atoms with van der Waals surface area (Å²) >= 11 is 0. The van der Waals surface area contributed by atoms with Crippen molar-refractivity contribution in [2.75, 3.05) is 6.54 Å². The van der Waals surface area contributed by atoms with Crippen LogP contribution in [0.1, 0.15) is 30.5 Å². The molecule has 3 heteroatoms.